The second kappa shape index (κ2) is 9.91. The molecule has 1 atom stereocenters. The van der Waals surface area contributed by atoms with Gasteiger partial charge in [0.05, 0.1) is 23.8 Å². The number of benzene rings is 2. The Morgan fingerprint density at radius 2 is 1.85 bits per heavy atom. The molecule has 2 aromatic heterocycles. The molecule has 1 N–H and O–H groups in total. The number of nitrogens with zero attached hydrogens (tertiary/aromatic N) is 3. The van der Waals surface area contributed by atoms with Gasteiger partial charge in [0.1, 0.15) is 16.2 Å². The molecule has 0 radical (unpaired) electrons. The van der Waals surface area contributed by atoms with Crippen LogP contribution in [0.2, 0.25) is 0 Å². The number of morpholine rings is 1. The number of carbonyl (C=O) groups is 1. The van der Waals surface area contributed by atoms with Crippen LogP contribution in [-0.4, -0.2) is 47.4 Å². The van der Waals surface area contributed by atoms with Gasteiger partial charge in [0, 0.05) is 35.4 Å². The predicted octanol–water partition coefficient (Wildman–Crippen LogP) is 5.31. The molecule has 0 spiro atoms. The molecule has 0 unspecified atom stereocenters. The molecule has 0 saturated carbocycles. The van der Waals surface area contributed by atoms with Gasteiger partial charge >= 0.3 is 0 Å². The second-order valence-corrected chi connectivity index (χ2v) is 9.96. The predicted molar refractivity (Wildman–Crippen MR) is 136 cm³/mol. The molecular formula is C25H24N4O2S2. The number of hydrogen-bond donors (Lipinski definition) is 1. The molecule has 4 aromatic rings. The molecule has 2 aromatic carbocycles. The van der Waals surface area contributed by atoms with Gasteiger partial charge in [-0.3, -0.25) is 4.79 Å². The first-order valence-corrected chi connectivity index (χ1v) is 12.6. The van der Waals surface area contributed by atoms with E-state index in [4.69, 9.17) is 4.74 Å². The van der Waals surface area contributed by atoms with E-state index in [9.17, 15) is 4.79 Å². The van der Waals surface area contributed by atoms with Crippen LogP contribution < -0.4 is 10.2 Å². The summed E-state index contributed by atoms with van der Waals surface area (Å²) in [6, 6.07) is 18.2. The fraction of sp³-hybridized carbons (Fsp3) is 0.240. The van der Waals surface area contributed by atoms with E-state index in [1.165, 1.54) is 11.8 Å². The monoisotopic (exact) mass is 476 g/mol. The van der Waals surface area contributed by atoms with Crippen LogP contribution in [0.25, 0.3) is 21.3 Å². The summed E-state index contributed by atoms with van der Waals surface area (Å²) < 4.78 is 5.42. The Hall–Kier alpha value is -2.94. The minimum Gasteiger partial charge on any atom is -0.378 e. The molecule has 1 fully saturated rings. The summed E-state index contributed by atoms with van der Waals surface area (Å²) in [5, 5.41) is 6.66. The van der Waals surface area contributed by atoms with Crippen LogP contribution in [0.15, 0.2) is 71.3 Å². The normalized spacial score (nSPS) is 14.9. The van der Waals surface area contributed by atoms with E-state index in [1.807, 2.05) is 49.4 Å². The number of amides is 1. The highest BCUT2D eigenvalue weighted by Gasteiger charge is 2.20. The highest BCUT2D eigenvalue weighted by molar-refractivity contribution is 8.00. The topological polar surface area (TPSA) is 67.4 Å². The van der Waals surface area contributed by atoms with E-state index >= 15 is 0 Å². The highest BCUT2D eigenvalue weighted by atomic mass is 32.2. The summed E-state index contributed by atoms with van der Waals surface area (Å²) >= 11 is 3.06. The number of thioether (sulfide) groups is 1. The fourth-order valence-electron chi connectivity index (χ4n) is 3.81. The van der Waals surface area contributed by atoms with E-state index in [1.54, 1.807) is 17.7 Å². The van der Waals surface area contributed by atoms with Crippen LogP contribution in [0.5, 0.6) is 0 Å². The molecule has 3 heterocycles. The lowest BCUT2D eigenvalue weighted by Gasteiger charge is -2.28. The number of anilines is 2. The van der Waals surface area contributed by atoms with Crippen molar-refractivity contribution in [2.45, 2.75) is 17.2 Å². The molecule has 1 aliphatic heterocycles. The third-order valence-corrected chi connectivity index (χ3v) is 7.58. The van der Waals surface area contributed by atoms with Crippen molar-refractivity contribution in [3.05, 3.63) is 66.3 Å². The SMILES string of the molecule is C[C@@H](Sc1ncnc2scc(-c3ccccc3)c12)C(=O)Nc1ccc(N2CCOCC2)cc1. The average molecular weight is 477 g/mol. The van der Waals surface area contributed by atoms with Crippen LogP contribution >= 0.6 is 23.1 Å². The standard InChI is InChI=1S/C25H24N4O2S2/c1-17(23(30)28-19-7-9-20(10-8-19)29-11-13-31-14-12-29)33-25-22-21(18-5-3-2-4-6-18)15-32-24(22)26-16-27-25/h2-10,15-17H,11-14H2,1H3,(H,28,30)/t17-/m1/s1. The Kier molecular flexibility index (Phi) is 6.57. The van der Waals surface area contributed by atoms with Crippen LogP contribution in [0.4, 0.5) is 11.4 Å². The molecular weight excluding hydrogens is 452 g/mol. The smallest absolute Gasteiger partial charge is 0.237 e. The average Bonchev–Trinajstić information content (AvgIpc) is 3.31. The molecule has 5 rings (SSSR count). The van der Waals surface area contributed by atoms with Crippen LogP contribution in [0.1, 0.15) is 6.92 Å². The molecule has 8 heteroatoms. The lowest BCUT2D eigenvalue weighted by atomic mass is 10.1. The van der Waals surface area contributed by atoms with Gasteiger partial charge in [-0.2, -0.15) is 0 Å². The zero-order valence-corrected chi connectivity index (χ0v) is 19.9. The Balaban J connectivity index is 1.30. The zero-order valence-electron chi connectivity index (χ0n) is 18.2. The Bertz CT molecular complexity index is 1240. The maximum atomic E-state index is 12.9. The van der Waals surface area contributed by atoms with Crippen molar-refractivity contribution >= 4 is 50.6 Å². The quantitative estimate of drug-likeness (QED) is 0.300. The second-order valence-electron chi connectivity index (χ2n) is 7.77. The minimum atomic E-state index is -0.314. The maximum absolute atomic E-state index is 12.9. The van der Waals surface area contributed by atoms with Gasteiger partial charge in [0.25, 0.3) is 0 Å². The van der Waals surface area contributed by atoms with Crippen molar-refractivity contribution < 1.29 is 9.53 Å². The number of hydrogen-bond acceptors (Lipinski definition) is 7. The molecule has 1 amide bonds. The zero-order chi connectivity index (χ0) is 22.6. The van der Waals surface area contributed by atoms with Crippen molar-refractivity contribution in [2.75, 3.05) is 36.5 Å². The fourth-order valence-corrected chi connectivity index (χ4v) is 5.72. The lowest BCUT2D eigenvalue weighted by molar-refractivity contribution is -0.115. The van der Waals surface area contributed by atoms with Gasteiger partial charge in [0.15, 0.2) is 0 Å². The van der Waals surface area contributed by atoms with E-state index in [0.29, 0.717) is 0 Å². The van der Waals surface area contributed by atoms with Gasteiger partial charge in [-0.05, 0) is 36.8 Å². The van der Waals surface area contributed by atoms with Gasteiger partial charge < -0.3 is 15.0 Å². The van der Waals surface area contributed by atoms with Crippen molar-refractivity contribution in [3.8, 4) is 11.1 Å². The number of thiophene rings is 1. The summed E-state index contributed by atoms with van der Waals surface area (Å²) in [6.45, 7) is 5.19. The molecule has 1 aliphatic rings. The number of fused-ring (bicyclic) bond motifs is 1. The first-order valence-electron chi connectivity index (χ1n) is 10.9. The minimum absolute atomic E-state index is 0.0534. The number of aromatic nitrogens is 2. The van der Waals surface area contributed by atoms with Gasteiger partial charge in [-0.15, -0.1) is 11.3 Å². The van der Waals surface area contributed by atoms with E-state index in [-0.39, 0.29) is 11.2 Å². The first-order chi connectivity index (χ1) is 16.2. The van der Waals surface area contributed by atoms with Crippen molar-refractivity contribution in [1.29, 1.82) is 0 Å². The Labute approximate surface area is 201 Å². The number of ether oxygens (including phenoxy) is 1. The van der Waals surface area contributed by atoms with Crippen LogP contribution in [0, 0.1) is 0 Å². The largest absolute Gasteiger partial charge is 0.378 e. The van der Waals surface area contributed by atoms with E-state index in [0.717, 1.165) is 64.0 Å². The van der Waals surface area contributed by atoms with Crippen molar-refractivity contribution in [2.24, 2.45) is 0 Å². The molecule has 168 valence electrons. The summed E-state index contributed by atoms with van der Waals surface area (Å²) in [7, 11) is 0. The summed E-state index contributed by atoms with van der Waals surface area (Å²) in [4.78, 5) is 25.1. The third-order valence-electron chi connectivity index (χ3n) is 5.59. The summed E-state index contributed by atoms with van der Waals surface area (Å²) in [6.07, 6.45) is 1.57. The molecule has 1 saturated heterocycles. The molecule has 6 nitrogen and oxygen atoms in total. The van der Waals surface area contributed by atoms with Crippen LogP contribution in [-0.2, 0) is 9.53 Å². The number of nitrogens with one attached hydrogen (secondary N) is 1. The summed E-state index contributed by atoms with van der Waals surface area (Å²) in [5.74, 6) is -0.0534. The van der Waals surface area contributed by atoms with E-state index < -0.39 is 0 Å². The van der Waals surface area contributed by atoms with Gasteiger partial charge in [-0.1, -0.05) is 42.1 Å². The third kappa shape index (κ3) is 4.88. The number of rotatable bonds is 6. The summed E-state index contributed by atoms with van der Waals surface area (Å²) in [5.41, 5.74) is 4.16. The first kappa shape index (κ1) is 21.9. The molecule has 33 heavy (non-hydrogen) atoms. The van der Waals surface area contributed by atoms with Crippen LogP contribution in [0.3, 0.4) is 0 Å². The Morgan fingerprint density at radius 1 is 1.09 bits per heavy atom. The number of carbonyl (C=O) groups excluding carboxylic acids is 1. The molecule has 0 aliphatic carbocycles. The van der Waals surface area contributed by atoms with Gasteiger partial charge in [0.2, 0.25) is 5.91 Å². The Morgan fingerprint density at radius 3 is 2.61 bits per heavy atom. The van der Waals surface area contributed by atoms with Crippen molar-refractivity contribution in [1.82, 2.24) is 9.97 Å². The molecule has 0 bridgehead atoms. The van der Waals surface area contributed by atoms with E-state index in [2.05, 4.69) is 37.7 Å². The maximum Gasteiger partial charge on any atom is 0.237 e. The highest BCUT2D eigenvalue weighted by Crippen LogP contribution is 2.39. The van der Waals surface area contributed by atoms with Crippen molar-refractivity contribution in [3.63, 3.8) is 0 Å². The van der Waals surface area contributed by atoms with Gasteiger partial charge in [-0.25, -0.2) is 9.97 Å². The lowest BCUT2D eigenvalue weighted by Crippen LogP contribution is -2.36.